The fourth-order valence-corrected chi connectivity index (χ4v) is 4.15. The minimum Gasteiger partial charge on any atom is -0.306 e. The van der Waals surface area contributed by atoms with Gasteiger partial charge in [-0.2, -0.15) is 23.7 Å². The number of hydrogen-bond acceptors (Lipinski definition) is 3. The molecule has 3 nitrogen and oxygen atoms in total. The van der Waals surface area contributed by atoms with Gasteiger partial charge in [-0.25, -0.2) is 0 Å². The molecule has 1 N–H and O–H groups in total. The van der Waals surface area contributed by atoms with E-state index in [-0.39, 0.29) is 18.4 Å². The van der Waals surface area contributed by atoms with Crippen LogP contribution in [0.1, 0.15) is 53.1 Å². The Hall–Kier alpha value is -3.32. The molecule has 174 valence electrons. The quantitative estimate of drug-likeness (QED) is 0.370. The molecule has 0 spiro atoms. The number of rotatable bonds is 8. The standard InChI is InChI=1S/C27H23ClF3N3/c1-18(34-26(12-13-32)22-6-3-7-23(16-22)27(29,30)31)25(15-19-8-10-24(28)11-9-19)21-5-2-4-20(14-21)17-33/h2-11,14,16,18,25-26,34H,12,15H2,1H3/t18-,25+,26?/m0/s1. The number of nitrogens with zero attached hydrogens (tertiary/aromatic N) is 2. The number of hydrogen-bond donors (Lipinski definition) is 1. The van der Waals surface area contributed by atoms with Gasteiger partial charge in [0.15, 0.2) is 0 Å². The lowest BCUT2D eigenvalue weighted by molar-refractivity contribution is -0.137. The number of alkyl halides is 3. The third-order valence-electron chi connectivity index (χ3n) is 5.79. The number of nitrogens with one attached hydrogen (secondary N) is 1. The highest BCUT2D eigenvalue weighted by atomic mass is 35.5. The second-order valence-corrected chi connectivity index (χ2v) is 8.60. The van der Waals surface area contributed by atoms with Crippen LogP contribution in [0.15, 0.2) is 72.8 Å². The van der Waals surface area contributed by atoms with Gasteiger partial charge < -0.3 is 5.32 Å². The maximum absolute atomic E-state index is 13.3. The van der Waals surface area contributed by atoms with Gasteiger partial charge in [-0.15, -0.1) is 0 Å². The van der Waals surface area contributed by atoms with Crippen LogP contribution in [-0.4, -0.2) is 6.04 Å². The molecule has 3 aromatic rings. The minimum atomic E-state index is -4.46. The number of halogens is 4. The topological polar surface area (TPSA) is 59.6 Å². The van der Waals surface area contributed by atoms with E-state index in [1.165, 1.54) is 6.07 Å². The molecule has 0 aliphatic rings. The fourth-order valence-electron chi connectivity index (χ4n) is 4.03. The van der Waals surface area contributed by atoms with Gasteiger partial charge in [0.2, 0.25) is 0 Å². The Labute approximate surface area is 202 Å². The molecule has 0 aliphatic heterocycles. The SMILES string of the molecule is C[C@H](NC(CC#N)c1cccc(C(F)(F)F)c1)[C@@H](Cc1ccc(Cl)cc1)c1cccc(C#N)c1. The van der Waals surface area contributed by atoms with E-state index >= 15 is 0 Å². The van der Waals surface area contributed by atoms with E-state index in [1.54, 1.807) is 24.3 Å². The summed E-state index contributed by atoms with van der Waals surface area (Å²) in [6.45, 7) is 1.94. The lowest BCUT2D eigenvalue weighted by Crippen LogP contribution is -2.36. The average Bonchev–Trinajstić information content (AvgIpc) is 2.83. The van der Waals surface area contributed by atoms with Crippen LogP contribution in [0.4, 0.5) is 13.2 Å². The largest absolute Gasteiger partial charge is 0.416 e. The third kappa shape index (κ3) is 6.60. The zero-order chi connectivity index (χ0) is 24.7. The van der Waals surface area contributed by atoms with Crippen molar-refractivity contribution in [1.82, 2.24) is 5.32 Å². The van der Waals surface area contributed by atoms with E-state index in [0.29, 0.717) is 22.6 Å². The van der Waals surface area contributed by atoms with Crippen molar-refractivity contribution < 1.29 is 13.2 Å². The minimum absolute atomic E-state index is 0.0115. The molecular formula is C27H23ClF3N3. The molecule has 0 amide bonds. The molecule has 0 saturated carbocycles. The van der Waals surface area contributed by atoms with Gasteiger partial charge in [0.05, 0.1) is 29.7 Å². The first-order valence-corrected chi connectivity index (χ1v) is 11.1. The Morgan fingerprint density at radius 1 is 0.941 bits per heavy atom. The Morgan fingerprint density at radius 2 is 1.62 bits per heavy atom. The van der Waals surface area contributed by atoms with Crippen molar-refractivity contribution in [2.45, 2.75) is 43.9 Å². The lowest BCUT2D eigenvalue weighted by Gasteiger charge is -2.30. The van der Waals surface area contributed by atoms with Crippen molar-refractivity contribution in [1.29, 1.82) is 10.5 Å². The van der Waals surface area contributed by atoms with Crippen molar-refractivity contribution in [3.8, 4) is 12.1 Å². The molecule has 0 aromatic heterocycles. The van der Waals surface area contributed by atoms with E-state index < -0.39 is 17.8 Å². The monoisotopic (exact) mass is 481 g/mol. The maximum atomic E-state index is 13.3. The summed E-state index contributed by atoms with van der Waals surface area (Å²) in [4.78, 5) is 0. The van der Waals surface area contributed by atoms with Crippen molar-refractivity contribution in [3.63, 3.8) is 0 Å². The fraction of sp³-hybridized carbons (Fsp3) is 0.259. The highest BCUT2D eigenvalue weighted by molar-refractivity contribution is 6.30. The van der Waals surface area contributed by atoms with Gasteiger partial charge in [0.25, 0.3) is 0 Å². The average molecular weight is 482 g/mol. The van der Waals surface area contributed by atoms with Crippen molar-refractivity contribution >= 4 is 11.6 Å². The summed E-state index contributed by atoms with van der Waals surface area (Å²) in [5.41, 5.74) is 2.13. The first-order valence-electron chi connectivity index (χ1n) is 10.8. The van der Waals surface area contributed by atoms with Gasteiger partial charge in [0, 0.05) is 23.0 Å². The number of nitriles is 2. The first kappa shape index (κ1) is 25.3. The van der Waals surface area contributed by atoms with E-state index in [4.69, 9.17) is 11.6 Å². The summed E-state index contributed by atoms with van der Waals surface area (Å²) in [6.07, 6.45) is -3.84. The van der Waals surface area contributed by atoms with Crippen molar-refractivity contribution in [2.24, 2.45) is 0 Å². The lowest BCUT2D eigenvalue weighted by atomic mass is 9.85. The normalized spacial score (nSPS) is 14.0. The molecule has 0 aliphatic carbocycles. The first-order chi connectivity index (χ1) is 16.2. The van der Waals surface area contributed by atoms with Crippen LogP contribution in [-0.2, 0) is 12.6 Å². The molecule has 3 atom stereocenters. The zero-order valence-corrected chi connectivity index (χ0v) is 19.2. The van der Waals surface area contributed by atoms with Gasteiger partial charge >= 0.3 is 6.18 Å². The van der Waals surface area contributed by atoms with Gasteiger partial charge in [-0.05, 0) is 66.4 Å². The van der Waals surface area contributed by atoms with Gasteiger partial charge in [0.1, 0.15) is 0 Å². The van der Waals surface area contributed by atoms with Crippen LogP contribution in [0.2, 0.25) is 5.02 Å². The molecule has 0 bridgehead atoms. The Balaban J connectivity index is 1.93. The summed E-state index contributed by atoms with van der Waals surface area (Å²) < 4.78 is 39.8. The molecule has 0 saturated heterocycles. The molecule has 3 rings (SSSR count). The summed E-state index contributed by atoms with van der Waals surface area (Å²) >= 11 is 6.02. The van der Waals surface area contributed by atoms with E-state index in [9.17, 15) is 23.7 Å². The van der Waals surface area contributed by atoms with Gasteiger partial charge in [-0.1, -0.05) is 48.0 Å². The molecule has 34 heavy (non-hydrogen) atoms. The molecule has 0 fully saturated rings. The Bertz CT molecular complexity index is 1190. The van der Waals surface area contributed by atoms with Crippen molar-refractivity contribution in [2.75, 3.05) is 0 Å². The van der Waals surface area contributed by atoms with Gasteiger partial charge in [-0.3, -0.25) is 0 Å². The second-order valence-electron chi connectivity index (χ2n) is 8.17. The predicted octanol–water partition coefficient (Wildman–Crippen LogP) is 7.19. The Kier molecular flexibility index (Phi) is 8.34. The van der Waals surface area contributed by atoms with Crippen LogP contribution in [0.5, 0.6) is 0 Å². The van der Waals surface area contributed by atoms with Crippen molar-refractivity contribution in [3.05, 3.63) is 106 Å². The van der Waals surface area contributed by atoms with E-state index in [0.717, 1.165) is 23.3 Å². The van der Waals surface area contributed by atoms with Crippen LogP contribution < -0.4 is 5.32 Å². The predicted molar refractivity (Wildman–Crippen MR) is 126 cm³/mol. The zero-order valence-electron chi connectivity index (χ0n) is 18.5. The molecule has 7 heteroatoms. The smallest absolute Gasteiger partial charge is 0.306 e. The third-order valence-corrected chi connectivity index (χ3v) is 6.04. The maximum Gasteiger partial charge on any atom is 0.416 e. The molecule has 1 unspecified atom stereocenters. The molecule has 0 radical (unpaired) electrons. The van der Waals surface area contributed by atoms with E-state index in [2.05, 4.69) is 17.5 Å². The Morgan fingerprint density at radius 3 is 2.26 bits per heavy atom. The molecule has 0 heterocycles. The molecular weight excluding hydrogens is 459 g/mol. The summed E-state index contributed by atoms with van der Waals surface area (Å²) in [6, 6.07) is 23.2. The highest BCUT2D eigenvalue weighted by Gasteiger charge is 2.31. The van der Waals surface area contributed by atoms with Crippen LogP contribution in [0.3, 0.4) is 0 Å². The highest BCUT2D eigenvalue weighted by Crippen LogP contribution is 2.33. The van der Waals surface area contributed by atoms with Crippen LogP contribution in [0.25, 0.3) is 0 Å². The van der Waals surface area contributed by atoms with Crippen LogP contribution >= 0.6 is 11.6 Å². The summed E-state index contributed by atoms with van der Waals surface area (Å²) in [7, 11) is 0. The van der Waals surface area contributed by atoms with Crippen LogP contribution in [0, 0.1) is 22.7 Å². The number of benzene rings is 3. The summed E-state index contributed by atoms with van der Waals surface area (Å²) in [5.74, 6) is -0.110. The molecule has 3 aromatic carbocycles. The summed E-state index contributed by atoms with van der Waals surface area (Å²) in [5, 5.41) is 22.7. The van der Waals surface area contributed by atoms with E-state index in [1.807, 2.05) is 37.3 Å². The second kappa shape index (κ2) is 11.2.